The average Bonchev–Trinajstić information content (AvgIpc) is 3.53. The summed E-state index contributed by atoms with van der Waals surface area (Å²) in [6, 6.07) is 4.34. The Morgan fingerprint density at radius 3 is 2.17 bits per heavy atom. The fourth-order valence-electron chi connectivity index (χ4n) is 4.59. The molecule has 3 saturated heterocycles. The van der Waals surface area contributed by atoms with E-state index in [9.17, 15) is 45.6 Å². The van der Waals surface area contributed by atoms with Gasteiger partial charge in [0, 0.05) is 6.08 Å². The number of rotatable bonds is 11. The summed E-state index contributed by atoms with van der Waals surface area (Å²) in [6.45, 7) is -1.74. The predicted molar refractivity (Wildman–Crippen MR) is 131 cm³/mol. The van der Waals surface area contributed by atoms with Gasteiger partial charge in [-0.1, -0.05) is 6.07 Å². The molecule has 16 nitrogen and oxygen atoms in total. The minimum absolute atomic E-state index is 0.105. The number of hydrogen-bond acceptors (Lipinski definition) is 16. The highest BCUT2D eigenvalue weighted by atomic mass is 16.8. The molecule has 16 heteroatoms. The Balaban J connectivity index is 1.51. The van der Waals surface area contributed by atoms with Gasteiger partial charge in [0.15, 0.2) is 36.5 Å². The number of phenols is 1. The second-order valence-electron chi connectivity index (χ2n) is 9.58. The summed E-state index contributed by atoms with van der Waals surface area (Å²) in [5.41, 5.74) is 0.476. The fourth-order valence-corrected chi connectivity index (χ4v) is 4.59. The molecule has 0 aliphatic carbocycles. The molecule has 0 spiro atoms. The van der Waals surface area contributed by atoms with E-state index in [0.29, 0.717) is 5.56 Å². The van der Waals surface area contributed by atoms with Crippen molar-refractivity contribution in [1.82, 2.24) is 0 Å². The van der Waals surface area contributed by atoms with E-state index in [1.54, 1.807) is 0 Å². The van der Waals surface area contributed by atoms with Crippen LogP contribution in [0.2, 0.25) is 0 Å². The Morgan fingerprint density at radius 1 is 0.878 bits per heavy atom. The normalized spacial score (nSPS) is 39.0. The van der Waals surface area contributed by atoms with E-state index in [4.69, 9.17) is 33.2 Å². The highest BCUT2D eigenvalue weighted by molar-refractivity contribution is 5.87. The molecule has 12 atom stereocenters. The molecule has 3 heterocycles. The van der Waals surface area contributed by atoms with Crippen molar-refractivity contribution in [3.63, 3.8) is 0 Å². The maximum Gasteiger partial charge on any atom is 0.331 e. The van der Waals surface area contributed by atoms with Gasteiger partial charge in [-0.05, 0) is 23.8 Å². The summed E-state index contributed by atoms with van der Waals surface area (Å²) in [5, 5.41) is 78.9. The molecular formula is C25H34O16. The van der Waals surface area contributed by atoms with Crippen LogP contribution in [0.5, 0.6) is 11.5 Å². The zero-order valence-corrected chi connectivity index (χ0v) is 21.8. The summed E-state index contributed by atoms with van der Waals surface area (Å²) in [6.07, 6.45) is -14.7. The van der Waals surface area contributed by atoms with Gasteiger partial charge in [-0.15, -0.1) is 0 Å². The monoisotopic (exact) mass is 590 g/mol. The van der Waals surface area contributed by atoms with Gasteiger partial charge in [0.25, 0.3) is 0 Å². The molecule has 0 bridgehead atoms. The number of carbonyl (C=O) groups is 1. The third-order valence-electron chi connectivity index (χ3n) is 6.87. The van der Waals surface area contributed by atoms with Crippen LogP contribution >= 0.6 is 0 Å². The number of hydrogen-bond donors (Lipinski definition) is 8. The van der Waals surface area contributed by atoms with Crippen LogP contribution in [-0.4, -0.2) is 148 Å². The summed E-state index contributed by atoms with van der Waals surface area (Å²) in [5.74, 6) is -0.857. The molecule has 3 aliphatic rings. The number of carbonyl (C=O) groups excluding carboxylic acids is 1. The first-order chi connectivity index (χ1) is 19.6. The molecule has 3 fully saturated rings. The number of phenolic OH excluding ortho intramolecular Hbond substituents is 1. The largest absolute Gasteiger partial charge is 0.504 e. The molecule has 0 radical (unpaired) electrons. The van der Waals surface area contributed by atoms with Gasteiger partial charge in [0.05, 0.1) is 26.9 Å². The Kier molecular flexibility index (Phi) is 10.5. The number of aliphatic hydroxyl groups excluding tert-OH is 7. The van der Waals surface area contributed by atoms with Crippen molar-refractivity contribution in [2.45, 2.75) is 73.8 Å². The third kappa shape index (κ3) is 6.96. The minimum atomic E-state index is -1.66. The lowest BCUT2D eigenvalue weighted by Crippen LogP contribution is -2.45. The fraction of sp³-hybridized carbons (Fsp3) is 0.640. The number of aromatic hydroxyl groups is 1. The lowest BCUT2D eigenvalue weighted by molar-refractivity contribution is -0.222. The second-order valence-corrected chi connectivity index (χ2v) is 9.58. The molecule has 1 aromatic carbocycles. The lowest BCUT2D eigenvalue weighted by Gasteiger charge is -2.27. The first kappa shape index (κ1) is 31.5. The van der Waals surface area contributed by atoms with Gasteiger partial charge in [-0.25, -0.2) is 4.79 Å². The van der Waals surface area contributed by atoms with Gasteiger partial charge in [0.1, 0.15) is 48.8 Å². The number of esters is 1. The molecule has 1 aromatic rings. The quantitative estimate of drug-likeness (QED) is 0.0914. The van der Waals surface area contributed by atoms with Gasteiger partial charge in [-0.2, -0.15) is 0 Å². The molecule has 41 heavy (non-hydrogen) atoms. The van der Waals surface area contributed by atoms with Crippen molar-refractivity contribution in [3.05, 3.63) is 29.8 Å². The van der Waals surface area contributed by atoms with E-state index < -0.39 is 99.6 Å². The number of aliphatic hydroxyl groups is 7. The molecule has 3 aliphatic heterocycles. The first-order valence-corrected chi connectivity index (χ1v) is 12.7. The van der Waals surface area contributed by atoms with E-state index in [-0.39, 0.29) is 11.5 Å². The number of benzene rings is 1. The molecule has 8 N–H and O–H groups in total. The molecular weight excluding hydrogens is 556 g/mol. The van der Waals surface area contributed by atoms with Crippen LogP contribution in [0.3, 0.4) is 0 Å². The molecule has 4 rings (SSSR count). The van der Waals surface area contributed by atoms with Crippen molar-refractivity contribution in [1.29, 1.82) is 0 Å². The van der Waals surface area contributed by atoms with Crippen molar-refractivity contribution < 1.29 is 78.8 Å². The van der Waals surface area contributed by atoms with E-state index in [1.807, 2.05) is 0 Å². The zero-order valence-electron chi connectivity index (χ0n) is 21.8. The molecule has 0 amide bonds. The van der Waals surface area contributed by atoms with Crippen LogP contribution in [0, 0.1) is 0 Å². The van der Waals surface area contributed by atoms with E-state index in [0.717, 1.165) is 6.08 Å². The van der Waals surface area contributed by atoms with E-state index in [2.05, 4.69) is 0 Å². The van der Waals surface area contributed by atoms with Crippen LogP contribution in [0.15, 0.2) is 24.3 Å². The summed E-state index contributed by atoms with van der Waals surface area (Å²) < 4.78 is 38.0. The predicted octanol–water partition coefficient (Wildman–Crippen LogP) is -3.68. The summed E-state index contributed by atoms with van der Waals surface area (Å²) in [7, 11) is 1.36. The van der Waals surface area contributed by atoms with Crippen molar-refractivity contribution in [2.75, 3.05) is 26.9 Å². The van der Waals surface area contributed by atoms with Crippen molar-refractivity contribution in [3.8, 4) is 11.5 Å². The smallest absolute Gasteiger partial charge is 0.331 e. The maximum atomic E-state index is 12.8. The van der Waals surface area contributed by atoms with Crippen molar-refractivity contribution in [2.24, 2.45) is 0 Å². The second kappa shape index (κ2) is 13.7. The van der Waals surface area contributed by atoms with Crippen LogP contribution in [0.4, 0.5) is 0 Å². The highest BCUT2D eigenvalue weighted by Gasteiger charge is 2.53. The Labute approximate surface area is 233 Å². The van der Waals surface area contributed by atoms with E-state index >= 15 is 0 Å². The molecule has 0 saturated carbocycles. The molecule has 1 unspecified atom stereocenters. The third-order valence-corrected chi connectivity index (χ3v) is 6.87. The van der Waals surface area contributed by atoms with Gasteiger partial charge in [0.2, 0.25) is 0 Å². The number of ether oxygens (including phenoxy) is 7. The topological polar surface area (TPSA) is 244 Å². The zero-order chi connectivity index (χ0) is 29.8. The Hall–Kier alpha value is -2.45. The van der Waals surface area contributed by atoms with Gasteiger partial charge >= 0.3 is 5.97 Å². The Morgan fingerprint density at radius 2 is 1.56 bits per heavy atom. The van der Waals surface area contributed by atoms with Crippen LogP contribution in [0.25, 0.3) is 6.08 Å². The summed E-state index contributed by atoms with van der Waals surface area (Å²) in [4.78, 5) is 12.8. The summed E-state index contributed by atoms with van der Waals surface area (Å²) >= 11 is 0. The number of methoxy groups -OCH3 is 1. The lowest BCUT2D eigenvalue weighted by atomic mass is 10.1. The average molecular weight is 591 g/mol. The Bertz CT molecular complexity index is 1050. The van der Waals surface area contributed by atoms with Gasteiger partial charge < -0.3 is 74.0 Å². The van der Waals surface area contributed by atoms with Gasteiger partial charge in [-0.3, -0.25) is 0 Å². The van der Waals surface area contributed by atoms with Crippen LogP contribution in [0.1, 0.15) is 5.56 Å². The standard InChI is InChI=1S/C25H34O16/c1-35-12-6-10(2-4-11(12)28)3-5-16(29)40-22-21(41-24-20(33)17(30)13(7-26)38-24)14(8-27)39-25(22)36-9-15-18(31)19(32)23(34)37-15/h2-6,13-15,17-28,30-34H,7-9H2,1H3/b5-3+/t13-,14-,15-,17-,18-,19+,20+,21-,22+,23?,24-,25+/m0/s1. The SMILES string of the molecule is COc1cc(/C=C/C(=O)O[C@H]2[C@H](OC[C@@H]3OC(O)[C@H](O)[C@H]3O)O[C@@H](CO)[C@@H]2O[C@@H]2O[C@@H](CO)[C@H](O)[C@H]2O)ccc1O. The van der Waals surface area contributed by atoms with Crippen LogP contribution < -0.4 is 4.74 Å². The minimum Gasteiger partial charge on any atom is -0.504 e. The van der Waals surface area contributed by atoms with Crippen LogP contribution in [-0.2, 0) is 33.2 Å². The maximum absolute atomic E-state index is 12.8. The molecule has 230 valence electrons. The first-order valence-electron chi connectivity index (χ1n) is 12.7. The highest BCUT2D eigenvalue weighted by Crippen LogP contribution is 2.33. The van der Waals surface area contributed by atoms with E-state index in [1.165, 1.54) is 31.4 Å². The molecule has 0 aromatic heterocycles. The van der Waals surface area contributed by atoms with Crippen molar-refractivity contribution >= 4 is 12.0 Å².